The van der Waals surface area contributed by atoms with E-state index in [0.717, 1.165) is 12.8 Å². The normalized spacial score (nSPS) is 17.7. The van der Waals surface area contributed by atoms with E-state index in [0.29, 0.717) is 12.1 Å². The van der Waals surface area contributed by atoms with Gasteiger partial charge in [-0.25, -0.2) is 13.1 Å². The molecule has 100 valence electrons. The summed E-state index contributed by atoms with van der Waals surface area (Å²) in [5.74, 6) is 0. The van der Waals surface area contributed by atoms with Crippen LogP contribution in [0.3, 0.4) is 0 Å². The molecule has 0 aromatic heterocycles. The van der Waals surface area contributed by atoms with Crippen molar-refractivity contribution >= 4 is 21.8 Å². The lowest BCUT2D eigenvalue weighted by molar-refractivity contribution is 0.282. The van der Waals surface area contributed by atoms with Crippen LogP contribution in [-0.2, 0) is 16.6 Å². The largest absolute Gasteiger partial charge is 0.392 e. The van der Waals surface area contributed by atoms with Crippen molar-refractivity contribution in [2.24, 2.45) is 0 Å². The first kappa shape index (κ1) is 13.9. The molecule has 0 unspecified atom stereocenters. The first-order chi connectivity index (χ1) is 8.51. The predicted octanol–water partition coefficient (Wildman–Crippen LogP) is 1.35. The highest BCUT2D eigenvalue weighted by molar-refractivity contribution is 8.00. The lowest BCUT2D eigenvalue weighted by Crippen LogP contribution is -2.31. The topological polar surface area (TPSA) is 66.4 Å². The number of rotatable bonds is 6. The minimum absolute atomic E-state index is 0.0800. The van der Waals surface area contributed by atoms with E-state index in [4.69, 9.17) is 5.11 Å². The molecule has 0 atom stereocenters. The van der Waals surface area contributed by atoms with Crippen LogP contribution in [0.2, 0.25) is 0 Å². The van der Waals surface area contributed by atoms with E-state index in [9.17, 15) is 8.42 Å². The lowest BCUT2D eigenvalue weighted by Gasteiger charge is -2.13. The number of benzene rings is 1. The third-order valence-corrected chi connectivity index (χ3v) is 6.08. The van der Waals surface area contributed by atoms with Gasteiger partial charge in [-0.3, -0.25) is 0 Å². The highest BCUT2D eigenvalue weighted by Crippen LogP contribution is 2.46. The van der Waals surface area contributed by atoms with E-state index in [-0.39, 0.29) is 16.2 Å². The van der Waals surface area contributed by atoms with Crippen LogP contribution in [0.4, 0.5) is 0 Å². The van der Waals surface area contributed by atoms with Crippen molar-refractivity contribution < 1.29 is 13.5 Å². The molecule has 0 bridgehead atoms. The molecule has 0 aliphatic heterocycles. The molecule has 0 radical (unpaired) electrons. The molecule has 1 aromatic rings. The van der Waals surface area contributed by atoms with Crippen LogP contribution >= 0.6 is 11.8 Å². The molecular weight excluding hydrogens is 270 g/mol. The van der Waals surface area contributed by atoms with Gasteiger partial charge in [-0.15, -0.1) is 0 Å². The summed E-state index contributed by atoms with van der Waals surface area (Å²) in [6.45, 7) is 0.404. The first-order valence-corrected chi connectivity index (χ1v) is 8.47. The molecule has 1 fully saturated rings. The molecule has 0 saturated heterocycles. The van der Waals surface area contributed by atoms with Gasteiger partial charge in [0.25, 0.3) is 0 Å². The van der Waals surface area contributed by atoms with Gasteiger partial charge >= 0.3 is 0 Å². The average Bonchev–Trinajstić information content (AvgIpc) is 3.17. The van der Waals surface area contributed by atoms with Crippen LogP contribution in [0.5, 0.6) is 0 Å². The zero-order valence-electron chi connectivity index (χ0n) is 10.2. The van der Waals surface area contributed by atoms with Crippen molar-refractivity contribution in [2.45, 2.75) is 29.1 Å². The molecule has 18 heavy (non-hydrogen) atoms. The Morgan fingerprint density at radius 2 is 1.94 bits per heavy atom. The fourth-order valence-corrected chi connectivity index (χ4v) is 3.62. The van der Waals surface area contributed by atoms with Gasteiger partial charge in [-0.1, -0.05) is 12.1 Å². The SMILES string of the molecule is CSC1(CNS(=O)(=O)c2ccc(CO)cc2)CC1. The quantitative estimate of drug-likeness (QED) is 0.829. The van der Waals surface area contributed by atoms with Crippen LogP contribution < -0.4 is 4.72 Å². The Morgan fingerprint density at radius 3 is 2.39 bits per heavy atom. The zero-order chi connectivity index (χ0) is 13.2. The van der Waals surface area contributed by atoms with Crippen molar-refractivity contribution in [1.82, 2.24) is 4.72 Å². The van der Waals surface area contributed by atoms with E-state index in [1.54, 1.807) is 23.9 Å². The van der Waals surface area contributed by atoms with Crippen LogP contribution in [-0.4, -0.2) is 31.1 Å². The molecule has 1 saturated carbocycles. The summed E-state index contributed by atoms with van der Waals surface area (Å²) in [6.07, 6.45) is 4.15. The van der Waals surface area contributed by atoms with Crippen LogP contribution in [0.25, 0.3) is 0 Å². The van der Waals surface area contributed by atoms with Gasteiger partial charge in [-0.05, 0) is 36.8 Å². The molecule has 0 heterocycles. The summed E-state index contributed by atoms with van der Waals surface area (Å²) in [5.41, 5.74) is 0.705. The molecule has 4 nitrogen and oxygen atoms in total. The lowest BCUT2D eigenvalue weighted by atomic mass is 10.2. The average molecular weight is 287 g/mol. The summed E-state index contributed by atoms with van der Waals surface area (Å²) in [7, 11) is -3.43. The summed E-state index contributed by atoms with van der Waals surface area (Å²) >= 11 is 1.72. The Kier molecular flexibility index (Phi) is 4.01. The van der Waals surface area contributed by atoms with Gasteiger partial charge in [0.2, 0.25) is 10.0 Å². The number of aliphatic hydroxyl groups excluding tert-OH is 1. The second kappa shape index (κ2) is 5.21. The van der Waals surface area contributed by atoms with Crippen LogP contribution in [0.1, 0.15) is 18.4 Å². The molecule has 1 aromatic carbocycles. The Labute approximate surface area is 112 Å². The number of hydrogen-bond acceptors (Lipinski definition) is 4. The maximum Gasteiger partial charge on any atom is 0.240 e. The minimum atomic E-state index is -3.43. The van der Waals surface area contributed by atoms with E-state index < -0.39 is 10.0 Å². The summed E-state index contributed by atoms with van der Waals surface area (Å²) < 4.78 is 26.8. The van der Waals surface area contributed by atoms with Gasteiger partial charge in [0, 0.05) is 11.3 Å². The number of hydrogen-bond donors (Lipinski definition) is 2. The van der Waals surface area contributed by atoms with Crippen molar-refractivity contribution in [1.29, 1.82) is 0 Å². The molecule has 2 N–H and O–H groups in total. The number of sulfonamides is 1. The first-order valence-electron chi connectivity index (χ1n) is 5.76. The maximum atomic E-state index is 12.0. The molecule has 6 heteroatoms. The van der Waals surface area contributed by atoms with E-state index in [1.807, 2.05) is 6.26 Å². The van der Waals surface area contributed by atoms with E-state index in [1.165, 1.54) is 12.1 Å². The van der Waals surface area contributed by atoms with Crippen molar-refractivity contribution in [3.8, 4) is 0 Å². The highest BCUT2D eigenvalue weighted by Gasteiger charge is 2.42. The van der Waals surface area contributed by atoms with Crippen LogP contribution in [0, 0.1) is 0 Å². The molecule has 2 rings (SSSR count). The second-order valence-electron chi connectivity index (χ2n) is 4.51. The standard InChI is InChI=1S/C12H17NO3S2/c1-17-12(6-7-12)9-13-18(15,16)11-4-2-10(8-14)3-5-11/h2-5,13-14H,6-9H2,1H3. The molecular formula is C12H17NO3S2. The van der Waals surface area contributed by atoms with Gasteiger partial charge in [0.1, 0.15) is 0 Å². The summed E-state index contributed by atoms with van der Waals surface area (Å²) in [4.78, 5) is 0.247. The fraction of sp³-hybridized carbons (Fsp3) is 0.500. The van der Waals surface area contributed by atoms with Gasteiger partial charge in [-0.2, -0.15) is 11.8 Å². The van der Waals surface area contributed by atoms with Crippen molar-refractivity contribution in [3.63, 3.8) is 0 Å². The Hall–Kier alpha value is -0.560. The summed E-state index contributed by atoms with van der Waals surface area (Å²) in [5, 5.41) is 8.91. The third kappa shape index (κ3) is 3.06. The smallest absolute Gasteiger partial charge is 0.240 e. The van der Waals surface area contributed by atoms with Crippen LogP contribution in [0.15, 0.2) is 29.2 Å². The van der Waals surface area contributed by atoms with Gasteiger partial charge in [0.15, 0.2) is 0 Å². The zero-order valence-corrected chi connectivity index (χ0v) is 11.9. The summed E-state index contributed by atoms with van der Waals surface area (Å²) in [6, 6.07) is 6.28. The Balaban J connectivity index is 2.05. The van der Waals surface area contributed by atoms with Gasteiger partial charge < -0.3 is 5.11 Å². The van der Waals surface area contributed by atoms with E-state index in [2.05, 4.69) is 4.72 Å². The number of nitrogens with one attached hydrogen (secondary N) is 1. The van der Waals surface area contributed by atoms with Crippen molar-refractivity contribution in [3.05, 3.63) is 29.8 Å². The predicted molar refractivity (Wildman–Crippen MR) is 73.0 cm³/mol. The Bertz CT molecular complexity index is 507. The second-order valence-corrected chi connectivity index (χ2v) is 7.55. The Morgan fingerprint density at radius 1 is 1.33 bits per heavy atom. The van der Waals surface area contributed by atoms with Gasteiger partial charge in [0.05, 0.1) is 11.5 Å². The molecule has 0 amide bonds. The van der Waals surface area contributed by atoms with E-state index >= 15 is 0 Å². The molecule has 1 aliphatic rings. The van der Waals surface area contributed by atoms with Crippen molar-refractivity contribution in [2.75, 3.05) is 12.8 Å². The minimum Gasteiger partial charge on any atom is -0.392 e. The fourth-order valence-electron chi connectivity index (χ4n) is 1.68. The highest BCUT2D eigenvalue weighted by atomic mass is 32.2. The molecule has 1 aliphatic carbocycles. The number of aliphatic hydroxyl groups is 1. The maximum absolute atomic E-state index is 12.0. The third-order valence-electron chi connectivity index (χ3n) is 3.24. The monoisotopic (exact) mass is 287 g/mol. The molecule has 0 spiro atoms. The number of thioether (sulfide) groups is 1.